The van der Waals surface area contributed by atoms with Crippen LogP contribution in [0.1, 0.15) is 12.8 Å². The molecule has 0 atom stereocenters. The standard InChI is InChI=1S/C20H20ClN3O2/c21-14-5-6-15-17(11-14)22-19(16-3-1-2-4-18(16)26)23-20(15)24-9-7-13(12-25)8-10-24/h1-6,11,13,25-26H,7-10,12H2. The maximum Gasteiger partial charge on any atom is 0.165 e. The lowest BCUT2D eigenvalue weighted by Crippen LogP contribution is -2.35. The summed E-state index contributed by atoms with van der Waals surface area (Å²) < 4.78 is 0. The summed E-state index contributed by atoms with van der Waals surface area (Å²) in [5, 5.41) is 21.2. The molecule has 2 N–H and O–H groups in total. The second kappa shape index (κ2) is 7.09. The van der Waals surface area contributed by atoms with E-state index >= 15 is 0 Å². The highest BCUT2D eigenvalue weighted by atomic mass is 35.5. The second-order valence-corrected chi connectivity index (χ2v) is 7.10. The van der Waals surface area contributed by atoms with Crippen LogP contribution in [0.3, 0.4) is 0 Å². The Hall–Kier alpha value is -2.37. The smallest absolute Gasteiger partial charge is 0.165 e. The minimum absolute atomic E-state index is 0.152. The van der Waals surface area contributed by atoms with Gasteiger partial charge in [0, 0.05) is 30.1 Å². The van der Waals surface area contributed by atoms with Gasteiger partial charge in [0.15, 0.2) is 5.82 Å². The molecule has 2 aromatic carbocycles. The summed E-state index contributed by atoms with van der Waals surface area (Å²) in [7, 11) is 0. The molecule has 26 heavy (non-hydrogen) atoms. The van der Waals surface area contributed by atoms with E-state index in [0.717, 1.165) is 42.7 Å². The average molecular weight is 370 g/mol. The fourth-order valence-corrected chi connectivity index (χ4v) is 3.60. The number of aliphatic hydroxyl groups is 1. The number of aromatic nitrogens is 2. The number of benzene rings is 2. The van der Waals surface area contributed by atoms with E-state index in [1.807, 2.05) is 30.3 Å². The second-order valence-electron chi connectivity index (χ2n) is 6.66. The minimum Gasteiger partial charge on any atom is -0.507 e. The zero-order valence-electron chi connectivity index (χ0n) is 14.3. The largest absolute Gasteiger partial charge is 0.507 e. The molecular weight excluding hydrogens is 350 g/mol. The maximum absolute atomic E-state index is 10.2. The lowest BCUT2D eigenvalue weighted by molar-refractivity contribution is 0.203. The van der Waals surface area contributed by atoms with Gasteiger partial charge in [0.2, 0.25) is 0 Å². The summed E-state index contributed by atoms with van der Waals surface area (Å²) in [6.07, 6.45) is 1.86. The number of aliphatic hydroxyl groups excluding tert-OH is 1. The van der Waals surface area contributed by atoms with Gasteiger partial charge in [-0.1, -0.05) is 23.7 Å². The van der Waals surface area contributed by atoms with Crippen molar-refractivity contribution in [3.8, 4) is 17.1 Å². The normalized spacial score (nSPS) is 15.5. The molecule has 0 aliphatic carbocycles. The number of aromatic hydroxyl groups is 1. The number of halogens is 1. The third kappa shape index (κ3) is 3.20. The van der Waals surface area contributed by atoms with Gasteiger partial charge < -0.3 is 15.1 Å². The van der Waals surface area contributed by atoms with Crippen molar-refractivity contribution in [2.24, 2.45) is 5.92 Å². The third-order valence-corrected chi connectivity index (χ3v) is 5.19. The van der Waals surface area contributed by atoms with Crippen LogP contribution in [0.2, 0.25) is 5.02 Å². The first-order valence-electron chi connectivity index (χ1n) is 8.77. The summed E-state index contributed by atoms with van der Waals surface area (Å²) in [5.41, 5.74) is 1.35. The van der Waals surface area contributed by atoms with Gasteiger partial charge in [-0.2, -0.15) is 0 Å². The highest BCUT2D eigenvalue weighted by Crippen LogP contribution is 2.34. The van der Waals surface area contributed by atoms with Crippen LogP contribution in [-0.2, 0) is 0 Å². The van der Waals surface area contributed by atoms with Crippen LogP contribution >= 0.6 is 11.6 Å². The highest BCUT2D eigenvalue weighted by molar-refractivity contribution is 6.31. The number of phenols is 1. The number of nitrogens with zero attached hydrogens (tertiary/aromatic N) is 3. The van der Waals surface area contributed by atoms with E-state index < -0.39 is 0 Å². The molecule has 1 aromatic heterocycles. The van der Waals surface area contributed by atoms with E-state index in [-0.39, 0.29) is 12.4 Å². The topological polar surface area (TPSA) is 69.5 Å². The van der Waals surface area contributed by atoms with Crippen molar-refractivity contribution in [1.29, 1.82) is 0 Å². The number of anilines is 1. The third-order valence-electron chi connectivity index (χ3n) is 4.96. The fraction of sp³-hybridized carbons (Fsp3) is 0.300. The summed E-state index contributed by atoms with van der Waals surface area (Å²) in [6.45, 7) is 1.90. The molecule has 1 fully saturated rings. The number of para-hydroxylation sites is 1. The van der Waals surface area contributed by atoms with Crippen molar-refractivity contribution in [1.82, 2.24) is 9.97 Å². The predicted molar refractivity (Wildman–Crippen MR) is 104 cm³/mol. The highest BCUT2D eigenvalue weighted by Gasteiger charge is 2.22. The summed E-state index contributed by atoms with van der Waals surface area (Å²) in [6, 6.07) is 12.7. The summed E-state index contributed by atoms with van der Waals surface area (Å²) in [4.78, 5) is 11.6. The van der Waals surface area contributed by atoms with Crippen LogP contribution in [0.5, 0.6) is 5.75 Å². The first-order chi connectivity index (χ1) is 12.7. The maximum atomic E-state index is 10.2. The van der Waals surface area contributed by atoms with Crippen LogP contribution in [-0.4, -0.2) is 39.9 Å². The molecule has 6 heteroatoms. The monoisotopic (exact) mass is 369 g/mol. The van der Waals surface area contributed by atoms with Crippen LogP contribution < -0.4 is 4.90 Å². The van der Waals surface area contributed by atoms with Gasteiger partial charge in [-0.05, 0) is 49.1 Å². The Kier molecular flexibility index (Phi) is 4.66. The van der Waals surface area contributed by atoms with E-state index in [4.69, 9.17) is 16.6 Å². The molecule has 134 valence electrons. The Labute approximate surface area is 156 Å². The average Bonchev–Trinajstić information content (AvgIpc) is 2.67. The predicted octanol–water partition coefficient (Wildman–Crippen LogP) is 3.86. The van der Waals surface area contributed by atoms with Crippen LogP contribution in [0, 0.1) is 5.92 Å². The molecule has 3 aromatic rings. The van der Waals surface area contributed by atoms with Crippen molar-refractivity contribution in [2.75, 3.05) is 24.6 Å². The number of fused-ring (bicyclic) bond motifs is 1. The van der Waals surface area contributed by atoms with Crippen molar-refractivity contribution >= 4 is 28.3 Å². The van der Waals surface area contributed by atoms with Gasteiger partial charge in [-0.3, -0.25) is 0 Å². The Morgan fingerprint density at radius 1 is 1.08 bits per heavy atom. The zero-order chi connectivity index (χ0) is 18.1. The van der Waals surface area contributed by atoms with E-state index in [0.29, 0.717) is 22.3 Å². The van der Waals surface area contributed by atoms with Gasteiger partial charge in [0.05, 0.1) is 11.1 Å². The SMILES string of the molecule is OCC1CCN(c2nc(-c3ccccc3O)nc3cc(Cl)ccc23)CC1. The number of rotatable bonds is 3. The molecule has 0 radical (unpaired) electrons. The van der Waals surface area contributed by atoms with E-state index in [1.165, 1.54) is 0 Å². The molecule has 5 nitrogen and oxygen atoms in total. The van der Waals surface area contributed by atoms with E-state index in [2.05, 4.69) is 9.88 Å². The van der Waals surface area contributed by atoms with Gasteiger partial charge in [-0.25, -0.2) is 9.97 Å². The van der Waals surface area contributed by atoms with Gasteiger partial charge in [0.25, 0.3) is 0 Å². The summed E-state index contributed by atoms with van der Waals surface area (Å²) in [5.74, 6) is 1.84. The molecule has 2 heterocycles. The lowest BCUT2D eigenvalue weighted by atomic mass is 9.97. The van der Waals surface area contributed by atoms with Gasteiger partial charge >= 0.3 is 0 Å². The van der Waals surface area contributed by atoms with Gasteiger partial charge in [0.1, 0.15) is 11.6 Å². The Bertz CT molecular complexity index is 939. The molecule has 0 amide bonds. The molecule has 0 saturated carbocycles. The van der Waals surface area contributed by atoms with Crippen molar-refractivity contribution in [3.63, 3.8) is 0 Å². The summed E-state index contributed by atoms with van der Waals surface area (Å²) >= 11 is 6.17. The number of piperidine rings is 1. The molecule has 0 spiro atoms. The molecule has 1 saturated heterocycles. The number of hydrogen-bond donors (Lipinski definition) is 2. The Morgan fingerprint density at radius 3 is 2.58 bits per heavy atom. The van der Waals surface area contributed by atoms with Crippen LogP contribution in [0.25, 0.3) is 22.3 Å². The molecule has 4 rings (SSSR count). The van der Waals surface area contributed by atoms with Crippen LogP contribution in [0.4, 0.5) is 5.82 Å². The Balaban J connectivity index is 1.84. The Morgan fingerprint density at radius 2 is 1.85 bits per heavy atom. The van der Waals surface area contributed by atoms with Crippen LogP contribution in [0.15, 0.2) is 42.5 Å². The molecular formula is C20H20ClN3O2. The van der Waals surface area contributed by atoms with Crippen molar-refractivity contribution < 1.29 is 10.2 Å². The molecule has 1 aliphatic heterocycles. The first-order valence-corrected chi connectivity index (χ1v) is 9.15. The first kappa shape index (κ1) is 17.1. The fourth-order valence-electron chi connectivity index (χ4n) is 3.44. The number of phenolic OH excluding ortho intramolecular Hbond substituents is 1. The molecule has 1 aliphatic rings. The van der Waals surface area contributed by atoms with Gasteiger partial charge in [-0.15, -0.1) is 0 Å². The quantitative estimate of drug-likeness (QED) is 0.733. The van der Waals surface area contributed by atoms with E-state index in [9.17, 15) is 10.2 Å². The van der Waals surface area contributed by atoms with Crippen molar-refractivity contribution in [2.45, 2.75) is 12.8 Å². The minimum atomic E-state index is 0.152. The van der Waals surface area contributed by atoms with E-state index in [1.54, 1.807) is 12.1 Å². The zero-order valence-corrected chi connectivity index (χ0v) is 15.0. The lowest BCUT2D eigenvalue weighted by Gasteiger charge is -2.32. The molecule has 0 unspecified atom stereocenters. The van der Waals surface area contributed by atoms with Crippen molar-refractivity contribution in [3.05, 3.63) is 47.5 Å². The molecule has 0 bridgehead atoms. The number of hydrogen-bond acceptors (Lipinski definition) is 5.